The Labute approximate surface area is 382 Å². The molecule has 0 unspecified atom stereocenters. The average molecular weight is 914 g/mol. The van der Waals surface area contributed by atoms with Gasteiger partial charge in [0.1, 0.15) is 29.5 Å². The second kappa shape index (κ2) is 25.1. The number of nitrogens with two attached hydrogens (primary N) is 1. The number of hydrogen-bond donors (Lipinski definition) is 6. The first-order chi connectivity index (χ1) is 30.9. The number of sulfonamides is 1. The largest absolute Gasteiger partial charge is 0.497 e. The Morgan fingerprint density at radius 2 is 1.26 bits per heavy atom. The van der Waals surface area contributed by atoms with Gasteiger partial charge in [0, 0.05) is 13.0 Å². The molecule has 4 rings (SSSR count). The molecule has 4 amide bonds. The number of esters is 1. The summed E-state index contributed by atoms with van der Waals surface area (Å²) in [6.45, 7) is 9.21. The number of amides is 4. The van der Waals surface area contributed by atoms with Gasteiger partial charge in [-0.3, -0.25) is 14.6 Å². The summed E-state index contributed by atoms with van der Waals surface area (Å²) in [6.07, 6.45) is 0.689. The van der Waals surface area contributed by atoms with Gasteiger partial charge in [0.25, 0.3) is 10.0 Å². The molecule has 7 N–H and O–H groups in total. The van der Waals surface area contributed by atoms with E-state index < -0.39 is 63.6 Å². The molecule has 0 aliphatic carbocycles. The molecule has 0 fully saturated rings. The fraction of sp³-hybridized carbons (Fsp3) is 0.396. The van der Waals surface area contributed by atoms with Gasteiger partial charge in [-0.15, -0.1) is 0 Å². The first-order valence-corrected chi connectivity index (χ1v) is 23.0. The molecule has 4 atom stereocenters. The van der Waals surface area contributed by atoms with Crippen molar-refractivity contribution in [2.75, 3.05) is 20.3 Å². The topological polar surface area (TPSA) is 229 Å². The van der Waals surface area contributed by atoms with Gasteiger partial charge in [0.15, 0.2) is 0 Å². The van der Waals surface area contributed by atoms with E-state index in [0.717, 1.165) is 16.7 Å². The summed E-state index contributed by atoms with van der Waals surface area (Å²) >= 11 is 0. The molecule has 0 aliphatic rings. The zero-order valence-corrected chi connectivity index (χ0v) is 38.7. The molecule has 0 spiro atoms. The lowest BCUT2D eigenvalue weighted by Gasteiger charge is -2.28. The molecule has 0 aliphatic heterocycles. The molecular weight excluding hydrogens is 851 g/mol. The van der Waals surface area contributed by atoms with Gasteiger partial charge in [-0.05, 0) is 86.9 Å². The molecule has 16 nitrogen and oxygen atoms in total. The quantitative estimate of drug-likeness (QED) is 0.0259. The van der Waals surface area contributed by atoms with Crippen molar-refractivity contribution in [1.29, 1.82) is 0 Å². The number of rotatable bonds is 23. The zero-order chi connectivity index (χ0) is 47.4. The Morgan fingerprint density at radius 3 is 1.82 bits per heavy atom. The number of hydrogen-bond acceptors (Lipinski definition) is 10. The second-order valence-corrected chi connectivity index (χ2v) is 18.4. The molecule has 65 heavy (non-hydrogen) atoms. The third-order valence-corrected chi connectivity index (χ3v) is 11.2. The number of ether oxygens (including phenoxy) is 3. The summed E-state index contributed by atoms with van der Waals surface area (Å²) in [6, 6.07) is 29.4. The van der Waals surface area contributed by atoms with Crippen LogP contribution in [0, 0.1) is 5.92 Å². The van der Waals surface area contributed by atoms with Crippen LogP contribution < -0.4 is 36.5 Å². The normalized spacial score (nSPS) is 13.7. The van der Waals surface area contributed by atoms with Crippen LogP contribution in [0.5, 0.6) is 5.75 Å². The van der Waals surface area contributed by atoms with Crippen LogP contribution in [0.1, 0.15) is 64.2 Å². The van der Waals surface area contributed by atoms with Gasteiger partial charge < -0.3 is 41.2 Å². The van der Waals surface area contributed by atoms with Crippen LogP contribution in [0.25, 0.3) is 0 Å². The van der Waals surface area contributed by atoms with Crippen molar-refractivity contribution in [3.05, 3.63) is 132 Å². The maximum Gasteiger partial charge on any atom is 0.329 e. The van der Waals surface area contributed by atoms with Gasteiger partial charge in [0.2, 0.25) is 17.8 Å². The molecule has 0 bridgehead atoms. The van der Waals surface area contributed by atoms with Crippen LogP contribution in [0.4, 0.5) is 4.79 Å². The van der Waals surface area contributed by atoms with Gasteiger partial charge in [-0.25, -0.2) is 22.7 Å². The highest BCUT2D eigenvalue weighted by Gasteiger charge is 2.32. The molecule has 0 saturated carbocycles. The Hall–Kier alpha value is -6.46. The number of methoxy groups -OCH3 is 1. The second-order valence-electron chi connectivity index (χ2n) is 16.8. The first kappa shape index (κ1) is 51.2. The third-order valence-electron chi connectivity index (χ3n) is 9.79. The first-order valence-electron chi connectivity index (χ1n) is 21.5. The number of aliphatic imine (C=N–C) groups is 1. The van der Waals surface area contributed by atoms with Crippen molar-refractivity contribution >= 4 is 39.8 Å². The lowest BCUT2D eigenvalue weighted by molar-refractivity contribution is -0.157. The Morgan fingerprint density at radius 1 is 0.708 bits per heavy atom. The standard InChI is InChI=1S/C48H63N7O9S/c1-33(2)42(44(57)51-37(29-34-17-10-7-11-18-34)32-63-31-36-21-14-9-15-22-36)54-43(56)40(23-16-28-50-46(49)55-65(60,61)39-26-24-38(62-6)25-27-39)52-47(59)53-41(45(58)64-48(3,4)5)30-35-19-12-8-13-20-35/h7-15,17-22,24-27,33,37,40-42H,16,23,28-32H2,1-6H3,(H,51,57)(H,54,56)(H3,49,50,55)(H2,52,53,59)/t37-,40-,41-,42-/m0/s1. The molecule has 0 radical (unpaired) electrons. The predicted molar refractivity (Wildman–Crippen MR) is 249 cm³/mol. The fourth-order valence-corrected chi connectivity index (χ4v) is 7.50. The van der Waals surface area contributed by atoms with Crippen molar-refractivity contribution in [1.82, 2.24) is 26.0 Å². The molecule has 0 aromatic heterocycles. The monoisotopic (exact) mass is 913 g/mol. The van der Waals surface area contributed by atoms with Crippen LogP contribution in [0.15, 0.2) is 125 Å². The van der Waals surface area contributed by atoms with E-state index in [1.807, 2.05) is 91.0 Å². The van der Waals surface area contributed by atoms with Crippen LogP contribution in [-0.2, 0) is 53.3 Å². The average Bonchev–Trinajstić information content (AvgIpc) is 3.26. The van der Waals surface area contributed by atoms with E-state index in [9.17, 15) is 27.6 Å². The van der Waals surface area contributed by atoms with E-state index in [1.54, 1.807) is 34.6 Å². The zero-order valence-electron chi connectivity index (χ0n) is 37.9. The van der Waals surface area contributed by atoms with E-state index in [2.05, 4.69) is 31.0 Å². The number of nitrogens with one attached hydrogen (secondary N) is 5. The van der Waals surface area contributed by atoms with Gasteiger partial charge in [-0.1, -0.05) is 105 Å². The van der Waals surface area contributed by atoms with E-state index >= 15 is 0 Å². The smallest absolute Gasteiger partial charge is 0.329 e. The summed E-state index contributed by atoms with van der Waals surface area (Å²) in [5, 5.41) is 11.3. The third kappa shape index (κ3) is 18.3. The van der Waals surface area contributed by atoms with E-state index in [1.165, 1.54) is 31.4 Å². The Balaban J connectivity index is 1.51. The van der Waals surface area contributed by atoms with Gasteiger partial charge >= 0.3 is 12.0 Å². The number of guanidine groups is 1. The van der Waals surface area contributed by atoms with Gasteiger partial charge in [0.05, 0.1) is 31.3 Å². The van der Waals surface area contributed by atoms with Crippen molar-refractivity contribution in [2.45, 2.75) is 102 Å². The van der Waals surface area contributed by atoms with Crippen molar-refractivity contribution in [3.63, 3.8) is 0 Å². The minimum atomic E-state index is -4.07. The summed E-state index contributed by atoms with van der Waals surface area (Å²) < 4.78 is 44.8. The molecular formula is C48H63N7O9S. The van der Waals surface area contributed by atoms with Crippen molar-refractivity contribution in [2.24, 2.45) is 16.6 Å². The maximum absolute atomic E-state index is 14.2. The SMILES string of the molecule is COc1ccc(S(=O)(=O)NC(N)=NCCC[C@H](NC(=O)N[C@@H](Cc2ccccc2)C(=O)OC(C)(C)C)C(=O)N[C@H](C(=O)N[C@H](COCc2ccccc2)Cc2ccccc2)C(C)C)cc1. The lowest BCUT2D eigenvalue weighted by atomic mass is 10.0. The Bertz CT molecular complexity index is 2260. The number of nitrogens with zero attached hydrogens (tertiary/aromatic N) is 1. The van der Waals surface area contributed by atoms with Crippen molar-refractivity contribution in [3.8, 4) is 5.75 Å². The van der Waals surface area contributed by atoms with E-state index in [0.29, 0.717) is 18.8 Å². The molecule has 0 saturated heterocycles. The fourth-order valence-electron chi connectivity index (χ4n) is 6.54. The van der Waals surface area contributed by atoms with E-state index in [-0.39, 0.29) is 49.2 Å². The minimum absolute atomic E-state index is 0.0204. The number of benzene rings is 4. The molecule has 4 aromatic carbocycles. The highest BCUT2D eigenvalue weighted by Crippen LogP contribution is 2.16. The summed E-state index contributed by atoms with van der Waals surface area (Å²) in [7, 11) is -2.61. The number of urea groups is 1. The van der Waals surface area contributed by atoms with Gasteiger partial charge in [-0.2, -0.15) is 0 Å². The maximum atomic E-state index is 14.2. The highest BCUT2D eigenvalue weighted by molar-refractivity contribution is 7.90. The number of carbonyl (C=O) groups is 4. The Kier molecular flexibility index (Phi) is 19.8. The molecule has 4 aromatic rings. The van der Waals surface area contributed by atoms with Crippen LogP contribution in [-0.4, -0.2) is 88.2 Å². The molecule has 17 heteroatoms. The minimum Gasteiger partial charge on any atom is -0.497 e. The van der Waals surface area contributed by atoms with E-state index in [4.69, 9.17) is 19.9 Å². The van der Waals surface area contributed by atoms with Crippen LogP contribution in [0.2, 0.25) is 0 Å². The summed E-state index contributed by atoms with van der Waals surface area (Å²) in [5.74, 6) is -2.10. The highest BCUT2D eigenvalue weighted by atomic mass is 32.2. The summed E-state index contributed by atoms with van der Waals surface area (Å²) in [5.41, 5.74) is 7.83. The molecule has 0 heterocycles. The summed E-state index contributed by atoms with van der Waals surface area (Å²) in [4.78, 5) is 59.5. The number of carbonyl (C=O) groups excluding carboxylic acids is 4. The lowest BCUT2D eigenvalue weighted by Crippen LogP contribution is -2.59. The van der Waals surface area contributed by atoms with Crippen molar-refractivity contribution < 1.29 is 41.8 Å². The molecule has 350 valence electrons. The van der Waals surface area contributed by atoms with Crippen LogP contribution >= 0.6 is 0 Å². The predicted octanol–water partition coefficient (Wildman–Crippen LogP) is 4.77. The van der Waals surface area contributed by atoms with Crippen LogP contribution in [0.3, 0.4) is 0 Å².